The molecule has 3 nitrogen and oxygen atoms in total. The fraction of sp³-hybridized carbons (Fsp3) is 0.421. The molecule has 0 unspecified atom stereocenters. The van der Waals surface area contributed by atoms with E-state index in [0.29, 0.717) is 11.5 Å². The third-order valence-corrected chi connectivity index (χ3v) is 5.76. The molecular weight excluding hydrogens is 338 g/mol. The number of hydrogen-bond donors (Lipinski definition) is 2. The summed E-state index contributed by atoms with van der Waals surface area (Å²) < 4.78 is 0. The zero-order chi connectivity index (χ0) is 17.0. The van der Waals surface area contributed by atoms with Crippen molar-refractivity contribution >= 4 is 23.5 Å². The molecule has 0 radical (unpaired) electrons. The molecule has 24 heavy (non-hydrogen) atoms. The Kier molecular flexibility index (Phi) is 9.28. The van der Waals surface area contributed by atoms with Gasteiger partial charge in [0.1, 0.15) is 0 Å². The van der Waals surface area contributed by atoms with E-state index in [1.807, 2.05) is 18.2 Å². The largest absolute Gasteiger partial charge is 0.390 e. The molecule has 0 saturated heterocycles. The van der Waals surface area contributed by atoms with Gasteiger partial charge in [0.25, 0.3) is 0 Å². The molecule has 1 aromatic rings. The molecule has 0 aromatic carbocycles. The number of rotatable bonds is 9. The van der Waals surface area contributed by atoms with E-state index in [0.717, 1.165) is 30.0 Å². The highest BCUT2D eigenvalue weighted by atomic mass is 32.2. The number of aliphatic hydroxyl groups excluding tert-OH is 2. The van der Waals surface area contributed by atoms with Gasteiger partial charge in [0.2, 0.25) is 0 Å². The Morgan fingerprint density at radius 3 is 2.54 bits per heavy atom. The van der Waals surface area contributed by atoms with Crippen LogP contribution in [0.2, 0.25) is 0 Å². The van der Waals surface area contributed by atoms with Crippen LogP contribution in [0, 0.1) is 0 Å². The van der Waals surface area contributed by atoms with Crippen LogP contribution in [0.25, 0.3) is 0 Å². The van der Waals surface area contributed by atoms with Gasteiger partial charge in [0, 0.05) is 29.2 Å². The topological polar surface area (TPSA) is 53.4 Å². The monoisotopic (exact) mass is 363 g/mol. The Bertz CT molecular complexity index is 558. The number of aromatic nitrogens is 1. The molecule has 2 rings (SSSR count). The van der Waals surface area contributed by atoms with Crippen molar-refractivity contribution in [1.82, 2.24) is 4.98 Å². The lowest BCUT2D eigenvalue weighted by molar-refractivity contribution is 0.0500. The summed E-state index contributed by atoms with van der Waals surface area (Å²) in [6.45, 7) is 0. The lowest BCUT2D eigenvalue weighted by Crippen LogP contribution is -2.30. The fourth-order valence-electron chi connectivity index (χ4n) is 2.18. The molecule has 1 aliphatic rings. The van der Waals surface area contributed by atoms with Crippen LogP contribution in [-0.2, 0) is 5.75 Å². The van der Waals surface area contributed by atoms with Crippen molar-refractivity contribution in [1.29, 1.82) is 0 Å². The first-order valence-electron chi connectivity index (χ1n) is 8.19. The summed E-state index contributed by atoms with van der Waals surface area (Å²) in [6.07, 6.45) is 13.2. The maximum absolute atomic E-state index is 10.1. The summed E-state index contributed by atoms with van der Waals surface area (Å²) >= 11 is 3.26. The molecule has 2 N–H and O–H groups in total. The number of nitrogens with zero attached hydrogens (tertiary/aromatic N) is 1. The van der Waals surface area contributed by atoms with Crippen molar-refractivity contribution in [2.45, 2.75) is 30.8 Å². The molecule has 1 aliphatic carbocycles. The van der Waals surface area contributed by atoms with Gasteiger partial charge in [-0.1, -0.05) is 36.4 Å². The van der Waals surface area contributed by atoms with E-state index in [1.54, 1.807) is 29.7 Å². The van der Waals surface area contributed by atoms with Crippen LogP contribution in [0.1, 0.15) is 18.5 Å². The van der Waals surface area contributed by atoms with Gasteiger partial charge in [-0.05, 0) is 30.5 Å². The molecule has 0 aliphatic heterocycles. The number of hydrogen-bond acceptors (Lipinski definition) is 5. The zero-order valence-corrected chi connectivity index (χ0v) is 15.4. The van der Waals surface area contributed by atoms with E-state index in [1.165, 1.54) is 5.57 Å². The van der Waals surface area contributed by atoms with Crippen molar-refractivity contribution in [2.24, 2.45) is 0 Å². The SMILES string of the molecule is O[C@H](CSCc1ccccn1)[C@@H](O)CSCC1=C/CC/C=C/C=C\1. The van der Waals surface area contributed by atoms with Gasteiger partial charge >= 0.3 is 0 Å². The van der Waals surface area contributed by atoms with Gasteiger partial charge in [-0.25, -0.2) is 0 Å². The van der Waals surface area contributed by atoms with Gasteiger partial charge < -0.3 is 10.2 Å². The van der Waals surface area contributed by atoms with E-state index >= 15 is 0 Å². The number of allylic oxidation sites excluding steroid dienone is 5. The Morgan fingerprint density at radius 2 is 1.79 bits per heavy atom. The van der Waals surface area contributed by atoms with E-state index in [9.17, 15) is 10.2 Å². The zero-order valence-electron chi connectivity index (χ0n) is 13.8. The quantitative estimate of drug-likeness (QED) is 0.702. The molecule has 1 aromatic heterocycles. The Morgan fingerprint density at radius 1 is 1.00 bits per heavy atom. The van der Waals surface area contributed by atoms with Crippen LogP contribution < -0.4 is 0 Å². The van der Waals surface area contributed by atoms with Crippen molar-refractivity contribution in [3.05, 3.63) is 66.0 Å². The first-order valence-corrected chi connectivity index (χ1v) is 10.5. The van der Waals surface area contributed by atoms with Crippen molar-refractivity contribution in [2.75, 3.05) is 17.3 Å². The number of thioether (sulfide) groups is 2. The first kappa shape index (κ1) is 19.3. The van der Waals surface area contributed by atoms with E-state index in [-0.39, 0.29) is 0 Å². The molecular formula is C19H25NO2S2. The summed E-state index contributed by atoms with van der Waals surface area (Å²) in [5.74, 6) is 2.69. The molecule has 5 heteroatoms. The Labute approximate surface area is 153 Å². The predicted octanol–water partition coefficient (Wildman–Crippen LogP) is 3.60. The molecule has 0 spiro atoms. The Hall–Kier alpha value is -1.01. The van der Waals surface area contributed by atoms with Gasteiger partial charge in [-0.3, -0.25) is 4.98 Å². The van der Waals surface area contributed by atoms with Crippen LogP contribution in [0.5, 0.6) is 0 Å². The predicted molar refractivity (Wildman–Crippen MR) is 105 cm³/mol. The molecule has 0 saturated carbocycles. The van der Waals surface area contributed by atoms with Crippen LogP contribution in [0.15, 0.2) is 60.3 Å². The minimum absolute atomic E-state index is 0.520. The molecule has 0 bridgehead atoms. The standard InChI is InChI=1S/C19H25NO2S2/c21-18(14-23-12-16-8-4-2-1-3-5-9-16)19(22)15-24-13-17-10-6-7-11-20-17/h1-2,4,6-11,18-19,21-22H,3,5,12-15H2/b2-1+,8-4-,16-9+/t18-,19+/m0/s1. The molecule has 1 heterocycles. The summed E-state index contributed by atoms with van der Waals surface area (Å²) in [6, 6.07) is 5.82. The maximum Gasteiger partial charge on any atom is 0.0897 e. The van der Waals surface area contributed by atoms with Crippen molar-refractivity contribution in [3.63, 3.8) is 0 Å². The minimum atomic E-state index is -0.698. The number of aliphatic hydroxyl groups is 2. The van der Waals surface area contributed by atoms with Gasteiger partial charge in [-0.2, -0.15) is 23.5 Å². The highest BCUT2D eigenvalue weighted by Gasteiger charge is 2.16. The fourth-order valence-corrected chi connectivity index (χ4v) is 4.17. The van der Waals surface area contributed by atoms with Crippen LogP contribution >= 0.6 is 23.5 Å². The third-order valence-electron chi connectivity index (χ3n) is 3.56. The van der Waals surface area contributed by atoms with E-state index < -0.39 is 12.2 Å². The first-order chi connectivity index (χ1) is 11.8. The lowest BCUT2D eigenvalue weighted by Gasteiger charge is -2.17. The summed E-state index contributed by atoms with van der Waals surface area (Å²) in [7, 11) is 0. The van der Waals surface area contributed by atoms with E-state index in [4.69, 9.17) is 0 Å². The molecule has 0 amide bonds. The van der Waals surface area contributed by atoms with Crippen LogP contribution in [0.3, 0.4) is 0 Å². The second kappa shape index (κ2) is 11.5. The maximum atomic E-state index is 10.1. The molecule has 0 fully saturated rings. The summed E-state index contributed by atoms with van der Waals surface area (Å²) in [5, 5.41) is 20.2. The van der Waals surface area contributed by atoms with Gasteiger partial charge in [-0.15, -0.1) is 0 Å². The normalized spacial score (nSPS) is 21.8. The number of pyridine rings is 1. The van der Waals surface area contributed by atoms with Crippen molar-refractivity contribution in [3.8, 4) is 0 Å². The van der Waals surface area contributed by atoms with Gasteiger partial charge in [0.15, 0.2) is 0 Å². The second-order valence-corrected chi connectivity index (χ2v) is 7.69. The van der Waals surface area contributed by atoms with E-state index in [2.05, 4.69) is 35.4 Å². The van der Waals surface area contributed by atoms with Crippen LogP contribution in [-0.4, -0.2) is 44.7 Å². The second-order valence-electron chi connectivity index (χ2n) is 5.63. The Balaban J connectivity index is 1.62. The average molecular weight is 364 g/mol. The molecule has 130 valence electrons. The highest BCUT2D eigenvalue weighted by molar-refractivity contribution is 7.99. The third kappa shape index (κ3) is 7.71. The average Bonchev–Trinajstić information content (AvgIpc) is 2.57. The molecule has 2 atom stereocenters. The highest BCUT2D eigenvalue weighted by Crippen LogP contribution is 2.17. The van der Waals surface area contributed by atoms with Crippen LogP contribution in [0.4, 0.5) is 0 Å². The van der Waals surface area contributed by atoms with Crippen molar-refractivity contribution < 1.29 is 10.2 Å². The van der Waals surface area contributed by atoms with Gasteiger partial charge in [0.05, 0.1) is 17.9 Å². The lowest BCUT2D eigenvalue weighted by atomic mass is 10.1. The smallest absolute Gasteiger partial charge is 0.0897 e. The minimum Gasteiger partial charge on any atom is -0.390 e. The summed E-state index contributed by atoms with van der Waals surface area (Å²) in [5.41, 5.74) is 2.28. The summed E-state index contributed by atoms with van der Waals surface area (Å²) in [4.78, 5) is 4.25.